The number of hydrogen-bond acceptors (Lipinski definition) is 5. The van der Waals surface area contributed by atoms with E-state index < -0.39 is 5.97 Å². The summed E-state index contributed by atoms with van der Waals surface area (Å²) in [7, 11) is 3.12. The largest absolute Gasteiger partial charge is 0.497 e. The average Bonchev–Trinajstić information content (AvgIpc) is 2.96. The summed E-state index contributed by atoms with van der Waals surface area (Å²) >= 11 is 6.01. The van der Waals surface area contributed by atoms with E-state index in [1.54, 1.807) is 43.5 Å². The number of methoxy groups -OCH3 is 2. The van der Waals surface area contributed by atoms with Crippen LogP contribution in [0.25, 0.3) is 6.08 Å². The lowest BCUT2D eigenvalue weighted by atomic mass is 10.2. The van der Waals surface area contributed by atoms with Crippen molar-refractivity contribution in [2.75, 3.05) is 14.2 Å². The maximum absolute atomic E-state index is 12.1. The number of ether oxygens (including phenoxy) is 3. The average molecular weight is 344 g/mol. The van der Waals surface area contributed by atoms with Gasteiger partial charge >= 0.3 is 5.97 Å². The number of benzene rings is 2. The molecule has 0 radical (unpaired) electrons. The summed E-state index contributed by atoms with van der Waals surface area (Å²) in [5.41, 5.74) is 1.54. The number of halogens is 1. The van der Waals surface area contributed by atoms with E-state index in [9.17, 15) is 4.79 Å². The van der Waals surface area contributed by atoms with E-state index in [4.69, 9.17) is 25.8 Å². The second kappa shape index (κ2) is 6.76. The molecule has 0 amide bonds. The lowest BCUT2D eigenvalue weighted by molar-refractivity contribution is -0.129. The molecule has 0 aromatic heterocycles. The predicted molar refractivity (Wildman–Crippen MR) is 91.6 cm³/mol. The monoisotopic (exact) mass is 343 g/mol. The number of carbonyl (C=O) groups excluding carboxylic acids is 1. The van der Waals surface area contributed by atoms with Gasteiger partial charge in [-0.25, -0.2) is 9.79 Å². The lowest BCUT2D eigenvalue weighted by Crippen LogP contribution is -2.07. The maximum Gasteiger partial charge on any atom is 0.363 e. The molecule has 0 saturated carbocycles. The number of aliphatic imine (C=N–C) groups is 1. The van der Waals surface area contributed by atoms with Crippen LogP contribution in [-0.2, 0) is 9.53 Å². The number of rotatable bonds is 4. The zero-order chi connectivity index (χ0) is 17.1. The van der Waals surface area contributed by atoms with Crippen LogP contribution < -0.4 is 9.47 Å². The summed E-state index contributed by atoms with van der Waals surface area (Å²) in [6.45, 7) is 0. The first-order valence-electron chi connectivity index (χ1n) is 7.11. The maximum atomic E-state index is 12.1. The number of carbonyl (C=O) groups is 1. The molecule has 0 fully saturated rings. The van der Waals surface area contributed by atoms with Crippen molar-refractivity contribution in [3.63, 3.8) is 0 Å². The van der Waals surface area contributed by atoms with Crippen LogP contribution in [0.5, 0.6) is 11.5 Å². The van der Waals surface area contributed by atoms with Crippen LogP contribution in [0.1, 0.15) is 11.1 Å². The zero-order valence-corrected chi connectivity index (χ0v) is 13.8. The molecule has 3 rings (SSSR count). The Morgan fingerprint density at radius 1 is 1.08 bits per heavy atom. The molecular formula is C18H14ClNO4. The highest BCUT2D eigenvalue weighted by molar-refractivity contribution is 6.31. The Labute approximate surface area is 144 Å². The van der Waals surface area contributed by atoms with Gasteiger partial charge in [0.05, 0.1) is 19.8 Å². The van der Waals surface area contributed by atoms with Crippen molar-refractivity contribution in [2.24, 2.45) is 4.99 Å². The van der Waals surface area contributed by atoms with Gasteiger partial charge in [0, 0.05) is 5.02 Å². The van der Waals surface area contributed by atoms with Crippen molar-refractivity contribution < 1.29 is 19.0 Å². The van der Waals surface area contributed by atoms with E-state index in [0.717, 1.165) is 11.3 Å². The van der Waals surface area contributed by atoms with E-state index in [-0.39, 0.29) is 11.6 Å². The van der Waals surface area contributed by atoms with Crippen LogP contribution in [0.15, 0.2) is 53.2 Å². The van der Waals surface area contributed by atoms with Crippen LogP contribution in [0.4, 0.5) is 0 Å². The van der Waals surface area contributed by atoms with Crippen molar-refractivity contribution in [1.29, 1.82) is 0 Å². The smallest absolute Gasteiger partial charge is 0.363 e. The van der Waals surface area contributed by atoms with Gasteiger partial charge in [-0.05, 0) is 42.0 Å². The molecule has 0 spiro atoms. The van der Waals surface area contributed by atoms with Crippen LogP contribution in [0, 0.1) is 0 Å². The zero-order valence-electron chi connectivity index (χ0n) is 13.1. The third-order valence-electron chi connectivity index (χ3n) is 3.43. The molecule has 1 heterocycles. The summed E-state index contributed by atoms with van der Waals surface area (Å²) in [6.07, 6.45) is 1.64. The van der Waals surface area contributed by atoms with Gasteiger partial charge in [0.1, 0.15) is 11.5 Å². The Bertz CT molecular complexity index is 841. The van der Waals surface area contributed by atoms with Gasteiger partial charge in [0.2, 0.25) is 5.90 Å². The third kappa shape index (κ3) is 3.26. The van der Waals surface area contributed by atoms with Gasteiger partial charge in [-0.2, -0.15) is 0 Å². The van der Waals surface area contributed by atoms with Crippen molar-refractivity contribution in [2.45, 2.75) is 0 Å². The summed E-state index contributed by atoms with van der Waals surface area (Å²) < 4.78 is 15.6. The Kier molecular flexibility index (Phi) is 4.53. The van der Waals surface area contributed by atoms with Gasteiger partial charge in [0.25, 0.3) is 0 Å². The minimum atomic E-state index is -0.525. The minimum Gasteiger partial charge on any atom is -0.497 e. The Hall–Kier alpha value is -2.79. The number of esters is 1. The van der Waals surface area contributed by atoms with E-state index in [1.165, 1.54) is 7.11 Å². The van der Waals surface area contributed by atoms with Gasteiger partial charge in [-0.3, -0.25) is 0 Å². The molecule has 0 N–H and O–H groups in total. The second-order valence-electron chi connectivity index (χ2n) is 4.95. The van der Waals surface area contributed by atoms with Crippen LogP contribution in [-0.4, -0.2) is 26.1 Å². The van der Waals surface area contributed by atoms with E-state index >= 15 is 0 Å². The number of hydrogen-bond donors (Lipinski definition) is 0. The summed E-state index contributed by atoms with van der Waals surface area (Å²) in [5, 5.41) is 0.497. The minimum absolute atomic E-state index is 0.166. The van der Waals surface area contributed by atoms with Gasteiger partial charge < -0.3 is 14.2 Å². The van der Waals surface area contributed by atoms with Crippen LogP contribution in [0.3, 0.4) is 0 Å². The quantitative estimate of drug-likeness (QED) is 0.627. The first-order valence-corrected chi connectivity index (χ1v) is 7.49. The highest BCUT2D eigenvalue weighted by atomic mass is 35.5. The molecule has 0 unspecified atom stereocenters. The van der Waals surface area contributed by atoms with Crippen LogP contribution in [0.2, 0.25) is 5.02 Å². The summed E-state index contributed by atoms with van der Waals surface area (Å²) in [4.78, 5) is 16.3. The third-order valence-corrected chi connectivity index (χ3v) is 3.67. The molecule has 122 valence electrons. The summed E-state index contributed by atoms with van der Waals surface area (Å²) in [6, 6.07) is 12.3. The second-order valence-corrected chi connectivity index (χ2v) is 5.39. The normalized spacial score (nSPS) is 15.2. The SMILES string of the molecule is COc1ccc(C=C2N=C(c3cc(Cl)ccc3OC)OC2=O)cc1. The highest BCUT2D eigenvalue weighted by Gasteiger charge is 2.26. The van der Waals surface area contributed by atoms with E-state index in [1.807, 2.05) is 12.1 Å². The fourth-order valence-corrected chi connectivity index (χ4v) is 2.40. The Balaban J connectivity index is 1.95. The standard InChI is InChI=1S/C18H14ClNO4/c1-22-13-6-3-11(4-7-13)9-15-18(21)24-17(20-15)14-10-12(19)5-8-16(14)23-2/h3-10H,1-2H3. The Morgan fingerprint density at radius 3 is 2.50 bits per heavy atom. The van der Waals surface area contributed by atoms with Crippen molar-refractivity contribution >= 4 is 29.5 Å². The fourth-order valence-electron chi connectivity index (χ4n) is 2.23. The molecule has 2 aromatic rings. The van der Waals surface area contributed by atoms with Gasteiger partial charge in [-0.1, -0.05) is 23.7 Å². The lowest BCUT2D eigenvalue weighted by Gasteiger charge is -2.07. The Morgan fingerprint density at radius 2 is 1.83 bits per heavy atom. The molecule has 6 heteroatoms. The van der Waals surface area contributed by atoms with Crippen LogP contribution >= 0.6 is 11.6 Å². The molecule has 24 heavy (non-hydrogen) atoms. The molecule has 0 saturated heterocycles. The van der Waals surface area contributed by atoms with Crippen molar-refractivity contribution in [3.05, 3.63) is 64.3 Å². The topological polar surface area (TPSA) is 57.1 Å². The molecule has 1 aliphatic rings. The van der Waals surface area contributed by atoms with Crippen molar-refractivity contribution in [1.82, 2.24) is 0 Å². The molecule has 0 bridgehead atoms. The van der Waals surface area contributed by atoms with E-state index in [0.29, 0.717) is 16.3 Å². The van der Waals surface area contributed by atoms with Gasteiger partial charge in [0.15, 0.2) is 5.70 Å². The first kappa shape index (κ1) is 16.1. The molecule has 2 aromatic carbocycles. The fraction of sp³-hybridized carbons (Fsp3) is 0.111. The molecule has 1 aliphatic heterocycles. The van der Waals surface area contributed by atoms with E-state index in [2.05, 4.69) is 4.99 Å². The first-order chi connectivity index (χ1) is 11.6. The summed E-state index contributed by atoms with van der Waals surface area (Å²) in [5.74, 6) is 0.901. The number of nitrogens with zero attached hydrogens (tertiary/aromatic N) is 1. The molecule has 0 atom stereocenters. The van der Waals surface area contributed by atoms with Gasteiger partial charge in [-0.15, -0.1) is 0 Å². The molecular weight excluding hydrogens is 330 g/mol. The molecule has 0 aliphatic carbocycles. The number of cyclic esters (lactones) is 1. The molecule has 5 nitrogen and oxygen atoms in total. The predicted octanol–water partition coefficient (Wildman–Crippen LogP) is 3.70. The highest BCUT2D eigenvalue weighted by Crippen LogP contribution is 2.28. The van der Waals surface area contributed by atoms with Crippen molar-refractivity contribution in [3.8, 4) is 11.5 Å².